The van der Waals surface area contributed by atoms with E-state index < -0.39 is 5.60 Å². The van der Waals surface area contributed by atoms with Crippen molar-refractivity contribution in [1.82, 2.24) is 25.1 Å². The topological polar surface area (TPSA) is 115 Å². The minimum atomic E-state index is -0.430. The van der Waals surface area contributed by atoms with Gasteiger partial charge in [0.2, 0.25) is 5.95 Å². The molecule has 152 valence electrons. The zero-order valence-electron chi connectivity index (χ0n) is 16.8. The molecule has 0 radical (unpaired) electrons. The lowest BCUT2D eigenvalue weighted by atomic mass is 9.52. The second-order valence-electron chi connectivity index (χ2n) is 9.54. The Balaban J connectivity index is 1.33. The van der Waals surface area contributed by atoms with E-state index in [0.29, 0.717) is 29.7 Å². The lowest BCUT2D eigenvalue weighted by Crippen LogP contribution is -2.59. The second kappa shape index (κ2) is 5.95. The highest BCUT2D eigenvalue weighted by Gasteiger charge is 2.54. The number of anilines is 3. The number of nitrogens with one attached hydrogen (secondary N) is 4. The largest absolute Gasteiger partial charge is 0.390 e. The Morgan fingerprint density at radius 3 is 2.55 bits per heavy atom. The summed E-state index contributed by atoms with van der Waals surface area (Å²) in [4.78, 5) is 12.9. The standard InChI is InChI=1S/C21H27N7O/c1-10-3-15-18(22-10)25-20(26-19(15)23-16-4-11(2)27-28-16)24-17-13-5-12-6-14(17)9-21(29,7-12)8-13/h3-4,12-14,17,29H,5-9H2,1-2H3,(H4,22,23,24,25,26,27,28). The van der Waals surface area contributed by atoms with Gasteiger partial charge in [-0.05, 0) is 69.8 Å². The third-order valence-electron chi connectivity index (χ3n) is 7.11. The smallest absolute Gasteiger partial charge is 0.226 e. The zero-order valence-corrected chi connectivity index (χ0v) is 16.8. The highest BCUT2D eigenvalue weighted by molar-refractivity contribution is 5.90. The van der Waals surface area contributed by atoms with Gasteiger partial charge in [0.05, 0.1) is 11.0 Å². The third-order valence-corrected chi connectivity index (χ3v) is 7.11. The van der Waals surface area contributed by atoms with Crippen LogP contribution in [0.5, 0.6) is 0 Å². The molecule has 4 fully saturated rings. The van der Waals surface area contributed by atoms with Gasteiger partial charge in [-0.25, -0.2) is 0 Å². The molecule has 8 nitrogen and oxygen atoms in total. The minimum Gasteiger partial charge on any atom is -0.390 e. The van der Waals surface area contributed by atoms with Crippen molar-refractivity contribution < 1.29 is 5.11 Å². The number of H-pyrrole nitrogens is 2. The average molecular weight is 393 g/mol. The van der Waals surface area contributed by atoms with Crippen LogP contribution in [-0.2, 0) is 0 Å². The third kappa shape index (κ3) is 2.88. The van der Waals surface area contributed by atoms with Crippen LogP contribution in [0.4, 0.5) is 17.6 Å². The predicted molar refractivity (Wildman–Crippen MR) is 111 cm³/mol. The molecule has 0 aliphatic heterocycles. The van der Waals surface area contributed by atoms with Crippen molar-refractivity contribution in [3.63, 3.8) is 0 Å². The predicted octanol–water partition coefficient (Wildman–Crippen LogP) is 3.39. The first-order valence-electron chi connectivity index (χ1n) is 10.6. The molecule has 7 rings (SSSR count). The van der Waals surface area contributed by atoms with Gasteiger partial charge in [-0.3, -0.25) is 5.10 Å². The van der Waals surface area contributed by atoms with Crippen LogP contribution in [0.3, 0.4) is 0 Å². The van der Waals surface area contributed by atoms with Gasteiger partial charge in [0.25, 0.3) is 0 Å². The van der Waals surface area contributed by atoms with Crippen molar-refractivity contribution in [2.45, 2.75) is 57.6 Å². The summed E-state index contributed by atoms with van der Waals surface area (Å²) in [6.45, 7) is 4.00. The van der Waals surface area contributed by atoms with E-state index >= 15 is 0 Å². The molecule has 4 aliphatic rings. The summed E-state index contributed by atoms with van der Waals surface area (Å²) in [6.07, 6.45) is 5.21. The van der Waals surface area contributed by atoms with Crippen molar-refractivity contribution in [3.8, 4) is 0 Å². The Morgan fingerprint density at radius 1 is 1.07 bits per heavy atom. The number of aryl methyl sites for hydroxylation is 2. The first-order valence-corrected chi connectivity index (χ1v) is 10.6. The number of rotatable bonds is 4. The maximum absolute atomic E-state index is 10.9. The maximum atomic E-state index is 10.9. The quantitative estimate of drug-likeness (QED) is 0.464. The van der Waals surface area contributed by atoms with Gasteiger partial charge in [0.1, 0.15) is 11.5 Å². The molecule has 3 heterocycles. The SMILES string of the molecule is Cc1cc(Nc2nc(NC3C4CC5CC3CC(O)(C5)C4)nc3[nH]c(C)cc23)n[nH]1. The highest BCUT2D eigenvalue weighted by Crippen LogP contribution is 2.56. The summed E-state index contributed by atoms with van der Waals surface area (Å²) in [7, 11) is 0. The number of hydrogen-bond acceptors (Lipinski definition) is 6. The Bertz CT molecular complexity index is 1070. The summed E-state index contributed by atoms with van der Waals surface area (Å²) in [5.74, 6) is 3.81. The molecule has 8 heteroatoms. The van der Waals surface area contributed by atoms with Crippen molar-refractivity contribution >= 4 is 28.6 Å². The molecule has 4 aliphatic carbocycles. The molecule has 3 aromatic rings. The molecule has 2 atom stereocenters. The second-order valence-corrected chi connectivity index (χ2v) is 9.54. The monoisotopic (exact) mass is 393 g/mol. The van der Waals surface area contributed by atoms with Gasteiger partial charge in [-0.15, -0.1) is 0 Å². The summed E-state index contributed by atoms with van der Waals surface area (Å²) >= 11 is 0. The number of aliphatic hydroxyl groups is 1. The fraction of sp³-hybridized carbons (Fsp3) is 0.571. The van der Waals surface area contributed by atoms with Gasteiger partial charge in [0, 0.05) is 23.5 Å². The number of fused-ring (bicyclic) bond motifs is 1. The van der Waals surface area contributed by atoms with E-state index in [-0.39, 0.29) is 0 Å². The van der Waals surface area contributed by atoms with Gasteiger partial charge in [-0.2, -0.15) is 15.1 Å². The molecule has 2 unspecified atom stereocenters. The van der Waals surface area contributed by atoms with Crippen LogP contribution < -0.4 is 10.6 Å². The van der Waals surface area contributed by atoms with Gasteiger partial charge >= 0.3 is 0 Å². The summed E-state index contributed by atoms with van der Waals surface area (Å²) in [5.41, 5.74) is 2.43. The first kappa shape index (κ1) is 17.3. The normalized spacial score (nSPS) is 32.8. The Morgan fingerprint density at radius 2 is 1.86 bits per heavy atom. The molecule has 3 aromatic heterocycles. The summed E-state index contributed by atoms with van der Waals surface area (Å²) < 4.78 is 0. The van der Waals surface area contributed by atoms with E-state index in [9.17, 15) is 5.11 Å². The number of nitrogens with zero attached hydrogens (tertiary/aromatic N) is 3. The molecule has 0 amide bonds. The van der Waals surface area contributed by atoms with E-state index in [1.807, 2.05) is 19.9 Å². The fourth-order valence-electron chi connectivity index (χ4n) is 6.27. The van der Waals surface area contributed by atoms with Crippen molar-refractivity contribution in [1.29, 1.82) is 0 Å². The molecular weight excluding hydrogens is 366 g/mol. The van der Waals surface area contributed by atoms with Crippen molar-refractivity contribution in [2.75, 3.05) is 10.6 Å². The van der Waals surface area contributed by atoms with E-state index in [0.717, 1.165) is 53.3 Å². The van der Waals surface area contributed by atoms with Crippen LogP contribution in [-0.4, -0.2) is 41.9 Å². The number of hydrogen-bond donors (Lipinski definition) is 5. The first-order chi connectivity index (χ1) is 13.9. The van der Waals surface area contributed by atoms with Gasteiger partial charge in [0.15, 0.2) is 5.82 Å². The van der Waals surface area contributed by atoms with E-state index in [1.165, 1.54) is 12.8 Å². The Labute approximate surface area is 168 Å². The Hall–Kier alpha value is -2.61. The van der Waals surface area contributed by atoms with Gasteiger partial charge in [-0.1, -0.05) is 0 Å². The summed E-state index contributed by atoms with van der Waals surface area (Å²) in [6, 6.07) is 4.35. The maximum Gasteiger partial charge on any atom is 0.226 e. The molecule has 0 saturated heterocycles. The molecular formula is C21H27N7O. The molecule has 5 N–H and O–H groups in total. The lowest BCUT2D eigenvalue weighted by Gasteiger charge is -2.58. The molecule has 29 heavy (non-hydrogen) atoms. The van der Waals surface area contributed by atoms with Crippen LogP contribution >= 0.6 is 0 Å². The van der Waals surface area contributed by atoms with Crippen molar-refractivity contribution in [2.24, 2.45) is 17.8 Å². The van der Waals surface area contributed by atoms with E-state index in [1.54, 1.807) is 0 Å². The van der Waals surface area contributed by atoms with E-state index in [2.05, 4.69) is 31.9 Å². The van der Waals surface area contributed by atoms with Crippen molar-refractivity contribution in [3.05, 3.63) is 23.5 Å². The number of aromatic nitrogens is 5. The Kier molecular flexibility index (Phi) is 3.54. The van der Waals surface area contributed by atoms with Crippen LogP contribution in [0.15, 0.2) is 12.1 Å². The van der Waals surface area contributed by atoms with Crippen LogP contribution in [0.1, 0.15) is 43.5 Å². The van der Waals surface area contributed by atoms with Crippen LogP contribution in [0.25, 0.3) is 11.0 Å². The zero-order chi connectivity index (χ0) is 19.8. The average Bonchev–Trinajstić information content (AvgIpc) is 3.21. The molecule has 0 spiro atoms. The lowest BCUT2D eigenvalue weighted by molar-refractivity contribution is -0.129. The molecule has 0 aromatic carbocycles. The molecule has 4 saturated carbocycles. The minimum absolute atomic E-state index is 0.334. The van der Waals surface area contributed by atoms with Crippen LogP contribution in [0, 0.1) is 31.6 Å². The fourth-order valence-corrected chi connectivity index (χ4v) is 6.27. The van der Waals surface area contributed by atoms with Crippen LogP contribution in [0.2, 0.25) is 0 Å². The van der Waals surface area contributed by atoms with Gasteiger partial charge < -0.3 is 20.7 Å². The molecule has 4 bridgehead atoms. The number of aromatic amines is 2. The van der Waals surface area contributed by atoms with E-state index in [4.69, 9.17) is 9.97 Å². The highest BCUT2D eigenvalue weighted by atomic mass is 16.3. The summed E-state index contributed by atoms with van der Waals surface area (Å²) in [5, 5.41) is 26.0.